The third-order valence-corrected chi connectivity index (χ3v) is 12.9. The Bertz CT molecular complexity index is 1750. The Labute approximate surface area is 268 Å². The number of benzene rings is 2. The van der Waals surface area contributed by atoms with Crippen LogP contribution in [-0.2, 0) is 19.1 Å². The van der Waals surface area contributed by atoms with Crippen LogP contribution in [0.3, 0.4) is 0 Å². The fourth-order valence-electron chi connectivity index (χ4n) is 8.38. The number of nitrogens with zero attached hydrogens (tertiary/aromatic N) is 2. The van der Waals surface area contributed by atoms with Gasteiger partial charge >= 0.3 is 4.87 Å². The molecule has 3 amide bonds. The number of carbonyl (C=O) groups excluding carboxylic acids is 3. The van der Waals surface area contributed by atoms with Gasteiger partial charge in [-0.05, 0) is 60.9 Å². The van der Waals surface area contributed by atoms with Crippen LogP contribution >= 0.6 is 23.1 Å². The first kappa shape index (κ1) is 28.8. The van der Waals surface area contributed by atoms with E-state index in [9.17, 15) is 19.2 Å². The average molecular weight is 648 g/mol. The van der Waals surface area contributed by atoms with Crippen molar-refractivity contribution in [2.45, 2.75) is 29.5 Å². The topological polar surface area (TPSA) is 118 Å². The summed E-state index contributed by atoms with van der Waals surface area (Å²) in [4.78, 5) is 60.3. The molecule has 4 heterocycles. The molecule has 0 spiro atoms. The van der Waals surface area contributed by atoms with E-state index in [4.69, 9.17) is 14.2 Å². The molecule has 2 bridgehead atoms. The van der Waals surface area contributed by atoms with Crippen LogP contribution < -0.4 is 19.2 Å². The van der Waals surface area contributed by atoms with Crippen molar-refractivity contribution < 1.29 is 28.6 Å². The van der Waals surface area contributed by atoms with Gasteiger partial charge < -0.3 is 24.1 Å². The van der Waals surface area contributed by atoms with E-state index in [1.807, 2.05) is 49.4 Å². The van der Waals surface area contributed by atoms with Gasteiger partial charge in [0.1, 0.15) is 0 Å². The van der Waals surface area contributed by atoms with Crippen molar-refractivity contribution in [3.05, 3.63) is 68.1 Å². The fraction of sp³-hybridized carbons (Fsp3) is 0.455. The third-order valence-electron chi connectivity index (χ3n) is 10.3. The molecule has 1 N–H and O–H groups in total. The molecule has 3 aliphatic heterocycles. The van der Waals surface area contributed by atoms with E-state index in [1.54, 1.807) is 23.8 Å². The summed E-state index contributed by atoms with van der Waals surface area (Å²) in [5.41, 5.74) is 2.66. The van der Waals surface area contributed by atoms with Gasteiger partial charge in [0.15, 0.2) is 18.1 Å². The number of thiazole rings is 1. The van der Waals surface area contributed by atoms with Gasteiger partial charge in [-0.3, -0.25) is 24.1 Å². The van der Waals surface area contributed by atoms with Crippen molar-refractivity contribution in [2.24, 2.45) is 29.6 Å². The molecule has 12 heteroatoms. The number of hydrogen-bond acceptors (Lipinski definition) is 9. The number of thioether (sulfide) groups is 1. The number of fused-ring (bicyclic) bond motifs is 9. The maximum absolute atomic E-state index is 14.0. The number of nitrogens with one attached hydrogen (secondary N) is 1. The van der Waals surface area contributed by atoms with E-state index in [1.165, 1.54) is 16.2 Å². The Morgan fingerprint density at radius 1 is 1.00 bits per heavy atom. The molecule has 10 nitrogen and oxygen atoms in total. The number of methoxy groups -OCH3 is 1. The molecule has 2 aliphatic carbocycles. The number of morpholine rings is 1. The standard InChI is InChI=1S/C33H33N3O7S2/c1-16-3-6-18(7-4-16)36-31(38)26-19-14-20(27(26)32(36)39)28-25(19)24(29-30(44-28)34-33(40)45-29)17-5-8-21(22(13-17)41-2)43-15-23(37)35-9-11-42-12-10-35/h3-8,13,19-20,24-28H,9-12,14-15H2,1-2H3,(H,34,40)/t19?,20?,24-,25?,26?,27?,28?/m1/s1. The number of amides is 3. The zero-order valence-corrected chi connectivity index (χ0v) is 26.5. The lowest BCUT2D eigenvalue weighted by molar-refractivity contribution is -0.137. The molecule has 0 radical (unpaired) electrons. The number of carbonyl (C=O) groups is 3. The van der Waals surface area contributed by atoms with Gasteiger partial charge in [0, 0.05) is 29.1 Å². The number of ether oxygens (including phenoxy) is 3. The number of aryl methyl sites for hydroxylation is 1. The molecule has 2 saturated heterocycles. The minimum Gasteiger partial charge on any atom is -0.493 e. The van der Waals surface area contributed by atoms with Crippen LogP contribution in [0.5, 0.6) is 11.5 Å². The van der Waals surface area contributed by atoms with Crippen molar-refractivity contribution in [1.29, 1.82) is 0 Å². The van der Waals surface area contributed by atoms with E-state index < -0.39 is 0 Å². The van der Waals surface area contributed by atoms with Crippen LogP contribution in [0, 0.1) is 36.5 Å². The zero-order chi connectivity index (χ0) is 31.0. The number of aromatic amines is 1. The molecule has 6 unspecified atom stereocenters. The summed E-state index contributed by atoms with van der Waals surface area (Å²) >= 11 is 2.88. The van der Waals surface area contributed by atoms with Gasteiger partial charge in [0.2, 0.25) is 11.8 Å². The van der Waals surface area contributed by atoms with E-state index in [0.29, 0.717) is 43.5 Å². The second kappa shape index (κ2) is 11.0. The van der Waals surface area contributed by atoms with Crippen LogP contribution in [0.4, 0.5) is 5.69 Å². The van der Waals surface area contributed by atoms with Gasteiger partial charge in [0.25, 0.3) is 5.91 Å². The molecule has 234 valence electrons. The van der Waals surface area contributed by atoms with Crippen LogP contribution in [0.2, 0.25) is 0 Å². The average Bonchev–Trinajstić information content (AvgIpc) is 3.79. The molecule has 2 saturated carbocycles. The Morgan fingerprint density at radius 2 is 1.73 bits per heavy atom. The smallest absolute Gasteiger partial charge is 0.305 e. The van der Waals surface area contributed by atoms with E-state index >= 15 is 0 Å². The molecule has 2 aromatic carbocycles. The number of imide groups is 1. The first-order valence-corrected chi connectivity index (χ1v) is 17.0. The van der Waals surface area contributed by atoms with E-state index in [0.717, 1.165) is 27.5 Å². The Hall–Kier alpha value is -3.61. The summed E-state index contributed by atoms with van der Waals surface area (Å²) in [6.07, 6.45) is 0.814. The second-order valence-electron chi connectivity index (χ2n) is 12.5. The molecule has 45 heavy (non-hydrogen) atoms. The predicted octanol–water partition coefficient (Wildman–Crippen LogP) is 3.67. The number of aromatic nitrogens is 1. The monoisotopic (exact) mass is 647 g/mol. The molecule has 1 aromatic heterocycles. The molecule has 5 aliphatic rings. The van der Waals surface area contributed by atoms with Gasteiger partial charge in [0.05, 0.1) is 42.9 Å². The lowest BCUT2D eigenvalue weighted by Gasteiger charge is -2.43. The molecule has 3 aromatic rings. The predicted molar refractivity (Wildman–Crippen MR) is 168 cm³/mol. The normalized spacial score (nSPS) is 29.9. The first-order chi connectivity index (χ1) is 21.8. The van der Waals surface area contributed by atoms with Crippen LogP contribution in [0.15, 0.2) is 52.3 Å². The lowest BCUT2D eigenvalue weighted by Crippen LogP contribution is -2.43. The highest BCUT2D eigenvalue weighted by Crippen LogP contribution is 2.68. The van der Waals surface area contributed by atoms with Crippen molar-refractivity contribution in [3.8, 4) is 11.5 Å². The number of anilines is 1. The maximum atomic E-state index is 14.0. The molecule has 8 rings (SSSR count). The van der Waals surface area contributed by atoms with Crippen molar-refractivity contribution in [1.82, 2.24) is 9.88 Å². The summed E-state index contributed by atoms with van der Waals surface area (Å²) in [7, 11) is 1.57. The highest BCUT2D eigenvalue weighted by atomic mass is 32.2. The summed E-state index contributed by atoms with van der Waals surface area (Å²) in [6.45, 7) is 4.01. The molecular weight excluding hydrogens is 615 g/mol. The third kappa shape index (κ3) is 4.55. The fourth-order valence-corrected chi connectivity index (χ4v) is 11.3. The molecular formula is C33H33N3O7S2. The van der Waals surface area contributed by atoms with Crippen molar-refractivity contribution >= 4 is 46.5 Å². The van der Waals surface area contributed by atoms with Crippen LogP contribution in [0.25, 0.3) is 0 Å². The SMILES string of the molecule is COc1cc([C@H]2c3sc(=O)[nH]c3SC3C4CC(C5C(=O)N(c6ccc(C)cc6)C(=O)C45)C32)ccc1OCC(=O)N1CCOCC1. The molecule has 4 fully saturated rings. The minimum atomic E-state index is -0.374. The quantitative estimate of drug-likeness (QED) is 0.403. The molecule has 7 atom stereocenters. The Morgan fingerprint density at radius 3 is 2.47 bits per heavy atom. The van der Waals surface area contributed by atoms with Gasteiger partial charge in [-0.15, -0.1) is 11.8 Å². The summed E-state index contributed by atoms with van der Waals surface area (Å²) in [6, 6.07) is 13.3. The Kier molecular flexibility index (Phi) is 7.07. The minimum absolute atomic E-state index is 0.00724. The highest BCUT2D eigenvalue weighted by Gasteiger charge is 2.69. The number of hydrogen-bond donors (Lipinski definition) is 1. The summed E-state index contributed by atoms with van der Waals surface area (Å²) < 4.78 is 17.0. The van der Waals surface area contributed by atoms with Crippen LogP contribution in [0.1, 0.15) is 28.3 Å². The number of rotatable bonds is 6. The largest absolute Gasteiger partial charge is 0.493 e. The zero-order valence-electron chi connectivity index (χ0n) is 24.9. The van der Waals surface area contributed by atoms with E-state index in [-0.39, 0.29) is 70.0 Å². The maximum Gasteiger partial charge on any atom is 0.305 e. The second-order valence-corrected chi connectivity index (χ2v) is 14.7. The first-order valence-electron chi connectivity index (χ1n) is 15.3. The summed E-state index contributed by atoms with van der Waals surface area (Å²) in [5.74, 6) is -0.116. The number of H-pyrrole nitrogens is 1. The van der Waals surface area contributed by atoms with Gasteiger partial charge in [-0.2, -0.15) is 0 Å². The van der Waals surface area contributed by atoms with Crippen molar-refractivity contribution in [3.63, 3.8) is 0 Å². The van der Waals surface area contributed by atoms with Crippen LogP contribution in [-0.4, -0.2) is 72.9 Å². The van der Waals surface area contributed by atoms with Gasteiger partial charge in [-0.25, -0.2) is 0 Å². The van der Waals surface area contributed by atoms with Gasteiger partial charge in [-0.1, -0.05) is 35.1 Å². The Balaban J connectivity index is 1.11. The summed E-state index contributed by atoms with van der Waals surface area (Å²) in [5, 5.41) is 0.935. The van der Waals surface area contributed by atoms with Crippen molar-refractivity contribution in [2.75, 3.05) is 44.9 Å². The van der Waals surface area contributed by atoms with E-state index in [2.05, 4.69) is 4.98 Å². The lowest BCUT2D eigenvalue weighted by atomic mass is 9.68. The highest BCUT2D eigenvalue weighted by molar-refractivity contribution is 8.00.